The zero-order valence-electron chi connectivity index (χ0n) is 16.9. The predicted octanol–water partition coefficient (Wildman–Crippen LogP) is 2.61. The molecule has 1 atom stereocenters. The Morgan fingerprint density at radius 3 is 2.77 bits per heavy atom. The van der Waals surface area contributed by atoms with Crippen molar-refractivity contribution in [1.82, 2.24) is 15.0 Å². The number of hydrogen-bond acceptors (Lipinski definition) is 7. The van der Waals surface area contributed by atoms with Crippen LogP contribution in [0.3, 0.4) is 0 Å². The lowest BCUT2D eigenvalue weighted by Crippen LogP contribution is -2.43. The zero-order chi connectivity index (χ0) is 21.1. The molecule has 0 radical (unpaired) electrons. The molecule has 4 heterocycles. The number of carbonyl (C=O) groups excluding carboxylic acids is 1. The molecule has 1 aliphatic rings. The van der Waals surface area contributed by atoms with E-state index in [9.17, 15) is 4.79 Å². The van der Waals surface area contributed by atoms with E-state index in [1.165, 1.54) is 0 Å². The molecular weight excluding hydrogens is 378 g/mol. The van der Waals surface area contributed by atoms with Gasteiger partial charge >= 0.3 is 0 Å². The first-order valence-corrected chi connectivity index (χ1v) is 9.96. The first-order valence-electron chi connectivity index (χ1n) is 9.96. The Kier molecular flexibility index (Phi) is 5.58. The van der Waals surface area contributed by atoms with Crippen molar-refractivity contribution in [2.75, 3.05) is 29.0 Å². The van der Waals surface area contributed by atoms with Gasteiger partial charge in [-0.1, -0.05) is 6.07 Å². The second-order valence-electron chi connectivity index (χ2n) is 7.55. The van der Waals surface area contributed by atoms with Crippen molar-refractivity contribution in [3.8, 4) is 11.4 Å². The maximum atomic E-state index is 13.0. The molecule has 8 nitrogen and oxygen atoms in total. The number of nitrogen functional groups attached to an aromatic ring is 1. The van der Waals surface area contributed by atoms with E-state index in [-0.39, 0.29) is 11.7 Å². The van der Waals surface area contributed by atoms with E-state index >= 15 is 0 Å². The molecule has 0 aromatic carbocycles. The maximum absolute atomic E-state index is 13.0. The van der Waals surface area contributed by atoms with E-state index in [4.69, 9.17) is 11.5 Å². The summed E-state index contributed by atoms with van der Waals surface area (Å²) >= 11 is 0. The molecule has 1 amide bonds. The third-order valence-corrected chi connectivity index (χ3v) is 5.16. The Morgan fingerprint density at radius 2 is 2.00 bits per heavy atom. The third-order valence-electron chi connectivity index (χ3n) is 5.16. The van der Waals surface area contributed by atoms with Crippen molar-refractivity contribution in [2.24, 2.45) is 5.73 Å². The maximum Gasteiger partial charge on any atom is 0.276 e. The number of rotatable bonds is 4. The summed E-state index contributed by atoms with van der Waals surface area (Å²) in [7, 11) is 0. The minimum Gasteiger partial charge on any atom is -0.397 e. The summed E-state index contributed by atoms with van der Waals surface area (Å²) in [5.41, 5.74) is 16.5. The van der Waals surface area contributed by atoms with Gasteiger partial charge < -0.3 is 21.7 Å². The summed E-state index contributed by atoms with van der Waals surface area (Å²) in [4.78, 5) is 28.2. The molecule has 154 valence electrons. The Morgan fingerprint density at radius 1 is 1.17 bits per heavy atom. The number of hydrogen-bond donors (Lipinski definition) is 3. The van der Waals surface area contributed by atoms with Gasteiger partial charge in [0.1, 0.15) is 0 Å². The number of nitrogens with one attached hydrogen (secondary N) is 1. The van der Waals surface area contributed by atoms with E-state index in [0.717, 1.165) is 37.2 Å². The van der Waals surface area contributed by atoms with E-state index < -0.39 is 5.91 Å². The van der Waals surface area contributed by atoms with Crippen LogP contribution in [0.1, 0.15) is 28.9 Å². The highest BCUT2D eigenvalue weighted by molar-refractivity contribution is 6.07. The number of carbonyl (C=O) groups is 1. The number of aryl methyl sites for hydroxylation is 1. The molecular formula is C22H25N7O. The molecule has 1 saturated heterocycles. The molecule has 0 saturated carbocycles. The molecule has 1 fully saturated rings. The van der Waals surface area contributed by atoms with Crippen molar-refractivity contribution in [3.05, 3.63) is 60.2 Å². The fourth-order valence-corrected chi connectivity index (χ4v) is 3.58. The number of pyridine rings is 3. The smallest absolute Gasteiger partial charge is 0.276 e. The zero-order valence-corrected chi connectivity index (χ0v) is 16.9. The molecule has 0 aliphatic carbocycles. The summed E-state index contributed by atoms with van der Waals surface area (Å²) in [5, 5.41) is 2.92. The lowest BCUT2D eigenvalue weighted by Gasteiger charge is -2.33. The van der Waals surface area contributed by atoms with Gasteiger partial charge in [0.05, 0.1) is 34.6 Å². The first-order chi connectivity index (χ1) is 14.5. The Balaban J connectivity index is 1.60. The lowest BCUT2D eigenvalue weighted by molar-refractivity contribution is 0.102. The third kappa shape index (κ3) is 4.23. The highest BCUT2D eigenvalue weighted by Crippen LogP contribution is 2.28. The molecule has 30 heavy (non-hydrogen) atoms. The van der Waals surface area contributed by atoms with Gasteiger partial charge in [-0.05, 0) is 49.6 Å². The van der Waals surface area contributed by atoms with Gasteiger partial charge in [0.2, 0.25) is 0 Å². The van der Waals surface area contributed by atoms with Gasteiger partial charge in [0, 0.05) is 31.5 Å². The molecule has 1 aliphatic heterocycles. The van der Waals surface area contributed by atoms with E-state index in [2.05, 4.69) is 25.2 Å². The van der Waals surface area contributed by atoms with Crippen LogP contribution in [-0.4, -0.2) is 40.0 Å². The van der Waals surface area contributed by atoms with E-state index in [1.807, 2.05) is 25.1 Å². The van der Waals surface area contributed by atoms with Crippen LogP contribution in [-0.2, 0) is 0 Å². The molecule has 0 bridgehead atoms. The predicted molar refractivity (Wildman–Crippen MR) is 118 cm³/mol. The number of aromatic nitrogens is 3. The number of amides is 1. The average molecular weight is 403 g/mol. The SMILES string of the molecule is Cc1ccc(-c2ccc(N)c(C(=O)Nc3cnccc3N3CCC[C@H](N)C3)n2)nc1. The normalized spacial score (nSPS) is 16.3. The van der Waals surface area contributed by atoms with Crippen LogP contribution in [0.2, 0.25) is 0 Å². The second kappa shape index (κ2) is 8.46. The summed E-state index contributed by atoms with van der Waals surface area (Å²) in [6.45, 7) is 3.59. The fourth-order valence-electron chi connectivity index (χ4n) is 3.58. The molecule has 5 N–H and O–H groups in total. The standard InChI is InChI=1S/C22H25N7O/c1-14-4-6-17(26-11-14)18-7-5-16(24)21(27-18)22(30)28-19-12-25-9-8-20(19)29-10-2-3-15(23)13-29/h4-9,11-12,15H,2-3,10,13,23-24H2,1H3,(H,28,30)/t15-/m0/s1. The van der Waals surface area contributed by atoms with Crippen molar-refractivity contribution >= 4 is 23.0 Å². The summed E-state index contributed by atoms with van der Waals surface area (Å²) in [5.74, 6) is -0.392. The van der Waals surface area contributed by atoms with Crippen LogP contribution in [0.4, 0.5) is 17.1 Å². The van der Waals surface area contributed by atoms with Crippen molar-refractivity contribution < 1.29 is 4.79 Å². The molecule has 8 heteroatoms. The van der Waals surface area contributed by atoms with E-state index in [1.54, 1.807) is 30.7 Å². The van der Waals surface area contributed by atoms with Crippen LogP contribution in [0, 0.1) is 6.92 Å². The Bertz CT molecular complexity index is 1050. The minimum absolute atomic E-state index is 0.117. The fraction of sp³-hybridized carbons (Fsp3) is 0.273. The first kappa shape index (κ1) is 19.8. The van der Waals surface area contributed by atoms with E-state index in [0.29, 0.717) is 22.8 Å². The van der Waals surface area contributed by atoms with Crippen LogP contribution >= 0.6 is 0 Å². The lowest BCUT2D eigenvalue weighted by atomic mass is 10.1. The van der Waals surface area contributed by atoms with Gasteiger partial charge in [0.15, 0.2) is 5.69 Å². The van der Waals surface area contributed by atoms with Gasteiger partial charge in [-0.25, -0.2) is 4.98 Å². The largest absolute Gasteiger partial charge is 0.397 e. The van der Waals surface area contributed by atoms with Gasteiger partial charge in [-0.3, -0.25) is 14.8 Å². The number of piperidine rings is 1. The van der Waals surface area contributed by atoms with Gasteiger partial charge in [0.25, 0.3) is 5.91 Å². The molecule has 0 spiro atoms. The molecule has 0 unspecified atom stereocenters. The monoisotopic (exact) mass is 403 g/mol. The van der Waals surface area contributed by atoms with Crippen molar-refractivity contribution in [1.29, 1.82) is 0 Å². The Hall–Kier alpha value is -3.52. The highest BCUT2D eigenvalue weighted by atomic mass is 16.1. The van der Waals surface area contributed by atoms with Gasteiger partial charge in [-0.2, -0.15) is 0 Å². The van der Waals surface area contributed by atoms with Crippen LogP contribution in [0.5, 0.6) is 0 Å². The molecule has 3 aromatic heterocycles. The second-order valence-corrected chi connectivity index (χ2v) is 7.55. The van der Waals surface area contributed by atoms with Gasteiger partial charge in [-0.15, -0.1) is 0 Å². The highest BCUT2D eigenvalue weighted by Gasteiger charge is 2.21. The molecule has 3 aromatic rings. The van der Waals surface area contributed by atoms with Crippen LogP contribution < -0.4 is 21.7 Å². The van der Waals surface area contributed by atoms with Crippen molar-refractivity contribution in [2.45, 2.75) is 25.8 Å². The van der Waals surface area contributed by atoms with Crippen LogP contribution in [0.25, 0.3) is 11.4 Å². The van der Waals surface area contributed by atoms with Crippen molar-refractivity contribution in [3.63, 3.8) is 0 Å². The number of nitrogens with zero attached hydrogens (tertiary/aromatic N) is 4. The quantitative estimate of drug-likeness (QED) is 0.612. The molecule has 4 rings (SSSR count). The minimum atomic E-state index is -0.392. The average Bonchev–Trinajstić information content (AvgIpc) is 2.75. The summed E-state index contributed by atoms with van der Waals surface area (Å²) in [6, 6.07) is 9.25. The number of nitrogens with two attached hydrogens (primary N) is 2. The van der Waals surface area contributed by atoms with Crippen LogP contribution in [0.15, 0.2) is 48.9 Å². The summed E-state index contributed by atoms with van der Waals surface area (Å²) in [6.07, 6.45) is 7.12. The Labute approximate surface area is 175 Å². The summed E-state index contributed by atoms with van der Waals surface area (Å²) < 4.78 is 0. The topological polar surface area (TPSA) is 123 Å². The number of anilines is 3.